The number of anilines is 1. The van der Waals surface area contributed by atoms with E-state index in [1.165, 1.54) is 35.8 Å². The van der Waals surface area contributed by atoms with Crippen molar-refractivity contribution in [1.82, 2.24) is 5.43 Å². The van der Waals surface area contributed by atoms with Crippen LogP contribution in [0.15, 0.2) is 46.9 Å². The minimum Gasteiger partial charge on any atom is -0.315 e. The molecule has 2 amide bonds. The SMILES string of the molecule is O=C(N/N=C\c1cccs1)C(=O)Nc1ccccc1F. The van der Waals surface area contributed by atoms with E-state index in [-0.39, 0.29) is 5.69 Å². The number of halogens is 1. The molecule has 0 radical (unpaired) electrons. The summed E-state index contributed by atoms with van der Waals surface area (Å²) in [7, 11) is 0. The third-order valence-electron chi connectivity index (χ3n) is 2.23. The van der Waals surface area contributed by atoms with Crippen molar-refractivity contribution in [2.75, 3.05) is 5.32 Å². The lowest BCUT2D eigenvalue weighted by Crippen LogP contribution is -2.32. The van der Waals surface area contributed by atoms with Crippen molar-refractivity contribution in [2.45, 2.75) is 0 Å². The highest BCUT2D eigenvalue weighted by Crippen LogP contribution is 2.11. The third kappa shape index (κ3) is 3.72. The van der Waals surface area contributed by atoms with E-state index in [1.54, 1.807) is 12.1 Å². The van der Waals surface area contributed by atoms with Crippen molar-refractivity contribution >= 4 is 35.1 Å². The molecule has 1 aromatic heterocycles. The van der Waals surface area contributed by atoms with Crippen LogP contribution in [-0.2, 0) is 9.59 Å². The number of hydrogen-bond donors (Lipinski definition) is 2. The molecule has 1 aromatic carbocycles. The Hall–Kier alpha value is -2.54. The largest absolute Gasteiger partial charge is 0.329 e. The minimum atomic E-state index is -0.988. The van der Waals surface area contributed by atoms with Crippen LogP contribution in [0.3, 0.4) is 0 Å². The van der Waals surface area contributed by atoms with Crippen molar-refractivity contribution in [2.24, 2.45) is 5.10 Å². The van der Waals surface area contributed by atoms with E-state index in [2.05, 4.69) is 15.8 Å². The van der Waals surface area contributed by atoms with Crippen LogP contribution in [0.2, 0.25) is 0 Å². The molecule has 0 aliphatic carbocycles. The Balaban J connectivity index is 1.89. The molecule has 0 saturated carbocycles. The number of nitrogens with one attached hydrogen (secondary N) is 2. The lowest BCUT2D eigenvalue weighted by molar-refractivity contribution is -0.136. The molecule has 0 bridgehead atoms. The summed E-state index contributed by atoms with van der Waals surface area (Å²) in [6.45, 7) is 0. The predicted molar refractivity (Wildman–Crippen MR) is 75.1 cm³/mol. The van der Waals surface area contributed by atoms with Crippen LogP contribution >= 0.6 is 11.3 Å². The lowest BCUT2D eigenvalue weighted by Gasteiger charge is -2.04. The smallest absolute Gasteiger partial charge is 0.315 e. The number of rotatable bonds is 3. The number of para-hydroxylation sites is 1. The Morgan fingerprint density at radius 2 is 1.95 bits per heavy atom. The average Bonchev–Trinajstić information content (AvgIpc) is 2.94. The molecule has 1 heterocycles. The maximum atomic E-state index is 13.3. The molecule has 2 N–H and O–H groups in total. The van der Waals surface area contributed by atoms with Crippen LogP contribution in [-0.4, -0.2) is 18.0 Å². The van der Waals surface area contributed by atoms with Gasteiger partial charge in [0.25, 0.3) is 0 Å². The molecular weight excluding hydrogens is 281 g/mol. The predicted octanol–water partition coefficient (Wildman–Crippen LogP) is 1.98. The van der Waals surface area contributed by atoms with Crippen molar-refractivity contribution in [3.63, 3.8) is 0 Å². The molecular formula is C13H10FN3O2S. The first-order valence-corrected chi connectivity index (χ1v) is 6.47. The molecule has 102 valence electrons. The quantitative estimate of drug-likeness (QED) is 0.515. The molecule has 5 nitrogen and oxygen atoms in total. The van der Waals surface area contributed by atoms with E-state index in [9.17, 15) is 14.0 Å². The highest BCUT2D eigenvalue weighted by molar-refractivity contribution is 7.11. The van der Waals surface area contributed by atoms with E-state index < -0.39 is 17.6 Å². The zero-order chi connectivity index (χ0) is 14.4. The first-order valence-electron chi connectivity index (χ1n) is 5.59. The summed E-state index contributed by atoms with van der Waals surface area (Å²) in [6.07, 6.45) is 1.42. The Kier molecular flexibility index (Phi) is 4.56. The van der Waals surface area contributed by atoms with Gasteiger partial charge in [-0.3, -0.25) is 9.59 Å². The summed E-state index contributed by atoms with van der Waals surface area (Å²) in [5.74, 6) is -2.57. The first-order chi connectivity index (χ1) is 9.66. The van der Waals surface area contributed by atoms with Crippen LogP contribution in [0, 0.1) is 5.82 Å². The molecule has 0 aliphatic rings. The normalized spacial score (nSPS) is 10.4. The zero-order valence-electron chi connectivity index (χ0n) is 10.2. The summed E-state index contributed by atoms with van der Waals surface area (Å²) in [6, 6.07) is 9.21. The van der Waals surface area contributed by atoms with Gasteiger partial charge in [0, 0.05) is 4.88 Å². The van der Waals surface area contributed by atoms with Crippen molar-refractivity contribution < 1.29 is 14.0 Å². The van der Waals surface area contributed by atoms with E-state index in [0.717, 1.165) is 4.88 Å². The summed E-state index contributed by atoms with van der Waals surface area (Å²) in [4.78, 5) is 23.8. The minimum absolute atomic E-state index is 0.0603. The number of carbonyl (C=O) groups excluding carboxylic acids is 2. The highest BCUT2D eigenvalue weighted by atomic mass is 32.1. The summed E-state index contributed by atoms with van der Waals surface area (Å²) in [5.41, 5.74) is 2.00. The second-order valence-electron chi connectivity index (χ2n) is 3.65. The molecule has 0 fully saturated rings. The van der Waals surface area contributed by atoms with E-state index in [4.69, 9.17) is 0 Å². The average molecular weight is 291 g/mol. The monoisotopic (exact) mass is 291 g/mol. The zero-order valence-corrected chi connectivity index (χ0v) is 11.0. The molecule has 0 atom stereocenters. The molecule has 2 rings (SSSR count). The maximum Gasteiger partial charge on any atom is 0.329 e. The van der Waals surface area contributed by atoms with E-state index in [0.29, 0.717) is 0 Å². The molecule has 0 spiro atoms. The van der Waals surface area contributed by atoms with Crippen molar-refractivity contribution in [3.05, 3.63) is 52.5 Å². The molecule has 7 heteroatoms. The van der Waals surface area contributed by atoms with Crippen molar-refractivity contribution in [3.8, 4) is 0 Å². The molecule has 0 aliphatic heterocycles. The molecule has 0 saturated heterocycles. The molecule has 20 heavy (non-hydrogen) atoms. The van der Waals surface area contributed by atoms with Gasteiger partial charge in [0.05, 0.1) is 11.9 Å². The third-order valence-corrected chi connectivity index (χ3v) is 3.04. The van der Waals surface area contributed by atoms with Crippen LogP contribution in [0.5, 0.6) is 0 Å². The van der Waals surface area contributed by atoms with Crippen LogP contribution in [0.25, 0.3) is 0 Å². The van der Waals surface area contributed by atoms with Crippen LogP contribution in [0.1, 0.15) is 4.88 Å². The Morgan fingerprint density at radius 1 is 1.15 bits per heavy atom. The number of amides is 2. The number of nitrogens with zero attached hydrogens (tertiary/aromatic N) is 1. The van der Waals surface area contributed by atoms with Gasteiger partial charge in [0.1, 0.15) is 5.82 Å². The number of thiophene rings is 1. The first kappa shape index (κ1) is 13.9. The Morgan fingerprint density at radius 3 is 2.65 bits per heavy atom. The van der Waals surface area contributed by atoms with Gasteiger partial charge in [-0.2, -0.15) is 5.10 Å². The van der Waals surface area contributed by atoms with Crippen molar-refractivity contribution in [1.29, 1.82) is 0 Å². The van der Waals surface area contributed by atoms with Gasteiger partial charge in [0.2, 0.25) is 0 Å². The number of benzene rings is 1. The fraction of sp³-hybridized carbons (Fsp3) is 0. The van der Waals surface area contributed by atoms with Gasteiger partial charge in [-0.25, -0.2) is 9.82 Å². The van der Waals surface area contributed by atoms with Crippen LogP contribution in [0.4, 0.5) is 10.1 Å². The number of carbonyl (C=O) groups is 2. The molecule has 2 aromatic rings. The highest BCUT2D eigenvalue weighted by Gasteiger charge is 2.14. The standard InChI is InChI=1S/C13H10FN3O2S/c14-10-5-1-2-6-11(10)16-12(18)13(19)17-15-8-9-4-3-7-20-9/h1-8H,(H,16,18)(H,17,19)/b15-8-. The fourth-order valence-electron chi connectivity index (χ4n) is 1.31. The van der Waals surface area contributed by atoms with Gasteiger partial charge < -0.3 is 5.32 Å². The Bertz CT molecular complexity index is 641. The summed E-state index contributed by atoms with van der Waals surface area (Å²) >= 11 is 1.44. The van der Waals surface area contributed by atoms with E-state index >= 15 is 0 Å². The van der Waals surface area contributed by atoms with E-state index in [1.807, 2.05) is 11.4 Å². The van der Waals surface area contributed by atoms with Gasteiger partial charge in [0.15, 0.2) is 0 Å². The summed E-state index contributed by atoms with van der Waals surface area (Å²) < 4.78 is 13.3. The molecule has 0 unspecified atom stereocenters. The maximum absolute atomic E-state index is 13.3. The fourth-order valence-corrected chi connectivity index (χ4v) is 1.90. The van der Waals surface area contributed by atoms with Gasteiger partial charge in [-0.1, -0.05) is 18.2 Å². The second-order valence-corrected chi connectivity index (χ2v) is 4.63. The van der Waals surface area contributed by atoms with Gasteiger partial charge in [-0.15, -0.1) is 11.3 Å². The topological polar surface area (TPSA) is 70.6 Å². The number of hydrogen-bond acceptors (Lipinski definition) is 4. The van der Waals surface area contributed by atoms with Gasteiger partial charge in [-0.05, 0) is 23.6 Å². The second kappa shape index (κ2) is 6.58. The Labute approximate surface area is 118 Å². The number of hydrazone groups is 1. The van der Waals surface area contributed by atoms with Gasteiger partial charge >= 0.3 is 11.8 Å². The lowest BCUT2D eigenvalue weighted by atomic mass is 10.3. The summed E-state index contributed by atoms with van der Waals surface area (Å²) in [5, 5.41) is 7.64. The van der Waals surface area contributed by atoms with Crippen LogP contribution < -0.4 is 10.7 Å².